The zero-order chi connectivity index (χ0) is 24.2. The van der Waals surface area contributed by atoms with Gasteiger partial charge in [-0.15, -0.1) is 0 Å². The SMILES string of the molecule is C[C@H](Cc1ccccc1C(=O)Nc1ccccn1)N1CCN(c2cccc3c2OC(O)CO3)CC1. The maximum atomic E-state index is 12.9. The second-order valence-electron chi connectivity index (χ2n) is 8.89. The molecule has 8 nitrogen and oxygen atoms in total. The molecule has 0 spiro atoms. The van der Waals surface area contributed by atoms with Crippen LogP contribution in [0, 0.1) is 0 Å². The number of hydrogen-bond donors (Lipinski definition) is 2. The van der Waals surface area contributed by atoms with Gasteiger partial charge in [0.2, 0.25) is 6.29 Å². The number of pyridine rings is 1. The van der Waals surface area contributed by atoms with Crippen molar-refractivity contribution in [2.75, 3.05) is 43.0 Å². The van der Waals surface area contributed by atoms with Crippen LogP contribution in [0.15, 0.2) is 66.9 Å². The van der Waals surface area contributed by atoms with E-state index in [4.69, 9.17) is 9.47 Å². The number of para-hydroxylation sites is 1. The number of carbonyl (C=O) groups is 1. The van der Waals surface area contributed by atoms with Crippen LogP contribution in [0.4, 0.5) is 11.5 Å². The van der Waals surface area contributed by atoms with E-state index in [1.54, 1.807) is 12.3 Å². The van der Waals surface area contributed by atoms with Crippen LogP contribution in [-0.4, -0.2) is 66.0 Å². The third kappa shape index (κ3) is 5.23. The first-order valence-electron chi connectivity index (χ1n) is 12.0. The molecule has 1 saturated heterocycles. The average Bonchev–Trinajstić information content (AvgIpc) is 2.89. The van der Waals surface area contributed by atoms with Gasteiger partial charge < -0.3 is 24.8 Å². The quantitative estimate of drug-likeness (QED) is 0.567. The molecule has 1 amide bonds. The molecule has 2 N–H and O–H groups in total. The van der Waals surface area contributed by atoms with Crippen molar-refractivity contribution in [3.05, 3.63) is 78.0 Å². The van der Waals surface area contributed by atoms with E-state index >= 15 is 0 Å². The monoisotopic (exact) mass is 474 g/mol. The Labute approximate surface area is 205 Å². The summed E-state index contributed by atoms with van der Waals surface area (Å²) in [5.74, 6) is 1.68. The van der Waals surface area contributed by atoms with Gasteiger partial charge in [0.05, 0.1) is 5.69 Å². The lowest BCUT2D eigenvalue weighted by atomic mass is 9.99. The fourth-order valence-electron chi connectivity index (χ4n) is 4.71. The molecule has 35 heavy (non-hydrogen) atoms. The minimum atomic E-state index is -0.945. The van der Waals surface area contributed by atoms with Crippen molar-refractivity contribution in [2.45, 2.75) is 25.7 Å². The number of aliphatic hydroxyl groups is 1. The third-order valence-corrected chi connectivity index (χ3v) is 6.56. The maximum absolute atomic E-state index is 12.9. The summed E-state index contributed by atoms with van der Waals surface area (Å²) in [6, 6.07) is 19.3. The molecule has 0 aliphatic carbocycles. The molecule has 0 bridgehead atoms. The van der Waals surface area contributed by atoms with Crippen LogP contribution in [0.1, 0.15) is 22.8 Å². The number of aromatic nitrogens is 1. The zero-order valence-electron chi connectivity index (χ0n) is 19.8. The Morgan fingerprint density at radius 2 is 1.89 bits per heavy atom. The number of fused-ring (bicyclic) bond motifs is 1. The lowest BCUT2D eigenvalue weighted by Crippen LogP contribution is -2.50. The molecule has 0 saturated carbocycles. The summed E-state index contributed by atoms with van der Waals surface area (Å²) in [4.78, 5) is 21.8. The van der Waals surface area contributed by atoms with Crippen molar-refractivity contribution in [3.8, 4) is 11.5 Å². The highest BCUT2D eigenvalue weighted by Gasteiger charge is 2.28. The molecule has 3 heterocycles. The van der Waals surface area contributed by atoms with E-state index < -0.39 is 6.29 Å². The standard InChI is InChI=1S/C27H30N4O4/c1-19(17-20-7-2-3-8-21(20)27(33)29-24-11-4-5-12-28-24)30-13-15-31(16-14-30)22-9-6-10-23-26(22)35-25(32)18-34-23/h2-12,19,25,32H,13-18H2,1H3,(H,28,29,33)/t19-,25?/m1/s1. The number of hydrogen-bond acceptors (Lipinski definition) is 7. The van der Waals surface area contributed by atoms with E-state index in [1.165, 1.54) is 0 Å². The van der Waals surface area contributed by atoms with Gasteiger partial charge in [0.1, 0.15) is 5.82 Å². The molecule has 1 aromatic heterocycles. The molecule has 0 radical (unpaired) electrons. The largest absolute Gasteiger partial charge is 0.483 e. The van der Waals surface area contributed by atoms with Crippen molar-refractivity contribution in [1.29, 1.82) is 0 Å². The molecular formula is C27H30N4O4. The topological polar surface area (TPSA) is 87.2 Å². The number of benzene rings is 2. The van der Waals surface area contributed by atoms with Gasteiger partial charge in [-0.25, -0.2) is 4.98 Å². The van der Waals surface area contributed by atoms with Crippen molar-refractivity contribution >= 4 is 17.4 Å². The Bertz CT molecular complexity index is 1160. The Morgan fingerprint density at radius 1 is 1.09 bits per heavy atom. The van der Waals surface area contributed by atoms with Gasteiger partial charge >= 0.3 is 0 Å². The van der Waals surface area contributed by atoms with Crippen molar-refractivity contribution in [1.82, 2.24) is 9.88 Å². The second-order valence-corrected chi connectivity index (χ2v) is 8.89. The number of amides is 1. The van der Waals surface area contributed by atoms with Crippen LogP contribution >= 0.6 is 0 Å². The molecule has 1 fully saturated rings. The van der Waals surface area contributed by atoms with E-state index in [9.17, 15) is 9.90 Å². The predicted octanol–water partition coefficient (Wildman–Crippen LogP) is 3.18. The van der Waals surface area contributed by atoms with Crippen LogP contribution in [0.25, 0.3) is 0 Å². The molecule has 2 aliphatic rings. The van der Waals surface area contributed by atoms with Crippen molar-refractivity contribution in [3.63, 3.8) is 0 Å². The summed E-state index contributed by atoms with van der Waals surface area (Å²) in [5.41, 5.74) is 2.65. The molecule has 2 aliphatic heterocycles. The summed E-state index contributed by atoms with van der Waals surface area (Å²) in [5, 5.41) is 12.8. The number of piperazine rings is 1. The Kier molecular flexibility index (Phi) is 6.83. The number of anilines is 2. The van der Waals surface area contributed by atoms with Gasteiger partial charge in [-0.3, -0.25) is 9.69 Å². The highest BCUT2D eigenvalue weighted by Crippen LogP contribution is 2.40. The first kappa shape index (κ1) is 23.1. The molecule has 182 valence electrons. The van der Waals surface area contributed by atoms with E-state index in [1.807, 2.05) is 54.6 Å². The molecule has 2 atom stereocenters. The van der Waals surface area contributed by atoms with E-state index in [0.717, 1.165) is 43.9 Å². The van der Waals surface area contributed by atoms with E-state index in [-0.39, 0.29) is 18.6 Å². The van der Waals surface area contributed by atoms with Gasteiger partial charge in [-0.1, -0.05) is 30.3 Å². The molecule has 8 heteroatoms. The second kappa shape index (κ2) is 10.3. The number of carbonyl (C=O) groups excluding carboxylic acids is 1. The van der Waals surface area contributed by atoms with Gasteiger partial charge in [0.25, 0.3) is 5.91 Å². The number of ether oxygens (including phenoxy) is 2. The number of rotatable bonds is 6. The van der Waals surface area contributed by atoms with Crippen LogP contribution in [0.3, 0.4) is 0 Å². The molecule has 2 aromatic carbocycles. The highest BCUT2D eigenvalue weighted by atomic mass is 16.7. The minimum Gasteiger partial charge on any atom is -0.483 e. The first-order valence-corrected chi connectivity index (χ1v) is 12.0. The van der Waals surface area contributed by atoms with E-state index in [0.29, 0.717) is 22.9 Å². The van der Waals surface area contributed by atoms with Gasteiger partial charge in [0, 0.05) is 44.0 Å². The highest BCUT2D eigenvalue weighted by molar-refractivity contribution is 6.04. The molecule has 1 unspecified atom stereocenters. The van der Waals surface area contributed by atoms with Gasteiger partial charge in [-0.2, -0.15) is 0 Å². The fourth-order valence-corrected chi connectivity index (χ4v) is 4.71. The normalized spacial score (nSPS) is 18.7. The van der Waals surface area contributed by atoms with Crippen LogP contribution < -0.4 is 19.7 Å². The third-order valence-electron chi connectivity index (χ3n) is 6.56. The Morgan fingerprint density at radius 3 is 2.69 bits per heavy atom. The summed E-state index contributed by atoms with van der Waals surface area (Å²) in [6.45, 7) is 5.79. The first-order chi connectivity index (χ1) is 17.1. The summed E-state index contributed by atoms with van der Waals surface area (Å²) in [7, 11) is 0. The van der Waals surface area contributed by atoms with E-state index in [2.05, 4.69) is 27.0 Å². The zero-order valence-corrected chi connectivity index (χ0v) is 19.8. The summed E-state index contributed by atoms with van der Waals surface area (Å²) >= 11 is 0. The van der Waals surface area contributed by atoms with Crippen LogP contribution in [0.2, 0.25) is 0 Å². The number of nitrogens with zero attached hydrogens (tertiary/aromatic N) is 3. The molecular weight excluding hydrogens is 444 g/mol. The fraction of sp³-hybridized carbons (Fsp3) is 0.333. The smallest absolute Gasteiger partial charge is 0.257 e. The summed E-state index contributed by atoms with van der Waals surface area (Å²) < 4.78 is 11.3. The predicted molar refractivity (Wildman–Crippen MR) is 134 cm³/mol. The van der Waals surface area contributed by atoms with Crippen molar-refractivity contribution in [2.24, 2.45) is 0 Å². The average molecular weight is 475 g/mol. The molecule has 5 rings (SSSR count). The van der Waals surface area contributed by atoms with Crippen LogP contribution in [-0.2, 0) is 6.42 Å². The number of nitrogens with one attached hydrogen (secondary N) is 1. The minimum absolute atomic E-state index is 0.142. The lowest BCUT2D eigenvalue weighted by molar-refractivity contribution is -0.0666. The van der Waals surface area contributed by atoms with Crippen LogP contribution in [0.5, 0.6) is 11.5 Å². The van der Waals surface area contributed by atoms with Gasteiger partial charge in [0.15, 0.2) is 18.1 Å². The number of aliphatic hydroxyl groups excluding tert-OH is 1. The summed E-state index contributed by atoms with van der Waals surface area (Å²) in [6.07, 6.45) is 1.49. The Hall–Kier alpha value is -3.62. The molecule has 3 aromatic rings. The Balaban J connectivity index is 1.22. The maximum Gasteiger partial charge on any atom is 0.257 e. The van der Waals surface area contributed by atoms with Crippen molar-refractivity contribution < 1.29 is 19.4 Å². The van der Waals surface area contributed by atoms with Gasteiger partial charge in [-0.05, 0) is 49.2 Å². The lowest BCUT2D eigenvalue weighted by Gasteiger charge is -2.40.